The molecule has 1 N–H and O–H groups in total. The lowest BCUT2D eigenvalue weighted by molar-refractivity contribution is 0.641. The lowest BCUT2D eigenvalue weighted by Crippen LogP contribution is -2.08. The van der Waals surface area contributed by atoms with Crippen molar-refractivity contribution in [3.8, 4) is 11.4 Å². The average molecular weight is 317 g/mol. The van der Waals surface area contributed by atoms with Crippen molar-refractivity contribution in [1.29, 1.82) is 0 Å². The van der Waals surface area contributed by atoms with Gasteiger partial charge in [0.1, 0.15) is 0 Å². The zero-order chi connectivity index (χ0) is 15.0. The molecule has 5 nitrogen and oxygen atoms in total. The average Bonchev–Trinajstić information content (AvgIpc) is 3.02. The Morgan fingerprint density at radius 3 is 2.62 bits per heavy atom. The Balaban J connectivity index is 2.13. The first-order valence-corrected chi connectivity index (χ1v) is 7.81. The Morgan fingerprint density at radius 2 is 2.00 bits per heavy atom. The summed E-state index contributed by atoms with van der Waals surface area (Å²) in [6.07, 6.45) is 3.51. The van der Waals surface area contributed by atoms with Crippen LogP contribution in [0.4, 0.5) is 0 Å². The molecule has 0 spiro atoms. The summed E-state index contributed by atoms with van der Waals surface area (Å²) in [6.45, 7) is 6.17. The molecule has 3 aromatic rings. The van der Waals surface area contributed by atoms with Gasteiger partial charge in [-0.1, -0.05) is 0 Å². The van der Waals surface area contributed by atoms with Crippen LogP contribution in [0.15, 0.2) is 24.5 Å². The molecule has 1 atom stereocenters. The van der Waals surface area contributed by atoms with E-state index in [4.69, 9.17) is 12.2 Å². The normalized spacial score (nSPS) is 12.5. The molecule has 0 amide bonds. The maximum absolute atomic E-state index is 5.41. The fraction of sp³-hybridized carbons (Fsp3) is 0.286. The van der Waals surface area contributed by atoms with E-state index in [0.717, 1.165) is 22.1 Å². The Hall–Kier alpha value is -1.86. The molecule has 0 radical (unpaired) electrons. The summed E-state index contributed by atoms with van der Waals surface area (Å²) < 4.78 is 2.64. The number of nitrogens with zero attached hydrogens (tertiary/aromatic N) is 4. The molecule has 3 rings (SSSR count). The molecule has 0 saturated heterocycles. The predicted octanol–water partition coefficient (Wildman–Crippen LogP) is 3.69. The molecule has 7 heteroatoms. The molecule has 3 aromatic heterocycles. The van der Waals surface area contributed by atoms with Crippen LogP contribution in [0, 0.1) is 18.6 Å². The number of pyridine rings is 1. The molecule has 0 aliphatic rings. The Labute approximate surface area is 131 Å². The van der Waals surface area contributed by atoms with Gasteiger partial charge in [-0.3, -0.25) is 14.6 Å². The standard InChI is InChI=1S/C14H15N5S2/c1-8-12(21-10(3)16-8)9(2)19-13(17-18-14(19)20)11-4-6-15-7-5-11/h4-7,9H,1-3H3,(H,18,20). The van der Waals surface area contributed by atoms with E-state index in [0.29, 0.717) is 4.77 Å². The zero-order valence-corrected chi connectivity index (χ0v) is 13.6. The number of hydrogen-bond acceptors (Lipinski definition) is 5. The summed E-state index contributed by atoms with van der Waals surface area (Å²) in [6, 6.07) is 3.95. The van der Waals surface area contributed by atoms with Gasteiger partial charge in [0, 0.05) is 18.0 Å². The smallest absolute Gasteiger partial charge is 0.196 e. The van der Waals surface area contributed by atoms with Crippen LogP contribution in [0.1, 0.15) is 28.5 Å². The van der Waals surface area contributed by atoms with Crippen LogP contribution < -0.4 is 0 Å². The molecule has 0 saturated carbocycles. The van der Waals surface area contributed by atoms with Crippen molar-refractivity contribution in [2.24, 2.45) is 0 Å². The minimum atomic E-state index is 0.0885. The summed E-state index contributed by atoms with van der Waals surface area (Å²) >= 11 is 7.11. The third-order valence-electron chi connectivity index (χ3n) is 3.35. The van der Waals surface area contributed by atoms with E-state index in [1.165, 1.54) is 4.88 Å². The maximum atomic E-state index is 5.41. The van der Waals surface area contributed by atoms with Crippen LogP contribution in [-0.2, 0) is 0 Å². The molecule has 0 bridgehead atoms. The van der Waals surface area contributed by atoms with Gasteiger partial charge in [-0.15, -0.1) is 11.3 Å². The van der Waals surface area contributed by atoms with Gasteiger partial charge in [0.2, 0.25) is 0 Å². The van der Waals surface area contributed by atoms with Crippen LogP contribution in [0.2, 0.25) is 0 Å². The van der Waals surface area contributed by atoms with E-state index in [9.17, 15) is 0 Å². The molecular formula is C14H15N5S2. The monoisotopic (exact) mass is 317 g/mol. The second-order valence-electron chi connectivity index (χ2n) is 4.82. The van der Waals surface area contributed by atoms with Crippen molar-refractivity contribution in [3.05, 3.63) is 44.9 Å². The maximum Gasteiger partial charge on any atom is 0.196 e. The van der Waals surface area contributed by atoms with Crippen LogP contribution in [-0.4, -0.2) is 24.7 Å². The lowest BCUT2D eigenvalue weighted by atomic mass is 10.2. The van der Waals surface area contributed by atoms with Gasteiger partial charge in [0.25, 0.3) is 0 Å². The van der Waals surface area contributed by atoms with E-state index >= 15 is 0 Å². The van der Waals surface area contributed by atoms with Gasteiger partial charge in [-0.25, -0.2) is 4.98 Å². The van der Waals surface area contributed by atoms with Crippen molar-refractivity contribution in [2.45, 2.75) is 26.8 Å². The topological polar surface area (TPSA) is 59.4 Å². The van der Waals surface area contributed by atoms with Crippen molar-refractivity contribution < 1.29 is 0 Å². The molecule has 1 unspecified atom stereocenters. The third-order valence-corrected chi connectivity index (χ3v) is 4.88. The number of aromatic amines is 1. The summed E-state index contributed by atoms with van der Waals surface area (Å²) in [5, 5.41) is 8.33. The van der Waals surface area contributed by atoms with Gasteiger partial charge < -0.3 is 0 Å². The van der Waals surface area contributed by atoms with Crippen LogP contribution in [0.3, 0.4) is 0 Å². The molecule has 108 valence electrons. The van der Waals surface area contributed by atoms with Crippen molar-refractivity contribution in [3.63, 3.8) is 0 Å². The number of aromatic nitrogens is 5. The highest BCUT2D eigenvalue weighted by Gasteiger charge is 2.20. The number of H-pyrrole nitrogens is 1. The van der Waals surface area contributed by atoms with Gasteiger partial charge >= 0.3 is 0 Å². The number of thiazole rings is 1. The van der Waals surface area contributed by atoms with Crippen molar-refractivity contribution in [2.75, 3.05) is 0 Å². The fourth-order valence-electron chi connectivity index (χ4n) is 2.42. The second-order valence-corrected chi connectivity index (χ2v) is 6.44. The largest absolute Gasteiger partial charge is 0.292 e. The quantitative estimate of drug-likeness (QED) is 0.749. The molecule has 3 heterocycles. The highest BCUT2D eigenvalue weighted by molar-refractivity contribution is 7.71. The number of nitrogens with one attached hydrogen (secondary N) is 1. The predicted molar refractivity (Wildman–Crippen MR) is 86.0 cm³/mol. The highest BCUT2D eigenvalue weighted by Crippen LogP contribution is 2.30. The van der Waals surface area contributed by atoms with Crippen LogP contribution in [0.25, 0.3) is 11.4 Å². The molecular weight excluding hydrogens is 302 g/mol. The first-order chi connectivity index (χ1) is 10.1. The molecule has 0 aromatic carbocycles. The van der Waals surface area contributed by atoms with E-state index in [1.54, 1.807) is 23.7 Å². The van der Waals surface area contributed by atoms with Crippen molar-refractivity contribution in [1.82, 2.24) is 24.7 Å². The van der Waals surface area contributed by atoms with E-state index in [1.807, 2.05) is 30.5 Å². The Kier molecular flexibility index (Phi) is 3.69. The highest BCUT2D eigenvalue weighted by atomic mass is 32.1. The van der Waals surface area contributed by atoms with Gasteiger partial charge in [0.05, 0.1) is 21.6 Å². The van der Waals surface area contributed by atoms with Crippen LogP contribution >= 0.6 is 23.6 Å². The van der Waals surface area contributed by atoms with E-state index in [-0.39, 0.29) is 6.04 Å². The SMILES string of the molecule is Cc1nc(C)c(C(C)n2c(-c3ccncc3)n[nH]c2=S)s1. The Morgan fingerprint density at radius 1 is 1.29 bits per heavy atom. The lowest BCUT2D eigenvalue weighted by Gasteiger charge is -2.14. The van der Waals surface area contributed by atoms with Crippen LogP contribution in [0.5, 0.6) is 0 Å². The minimum Gasteiger partial charge on any atom is -0.292 e. The molecule has 0 fully saturated rings. The first kappa shape index (κ1) is 14.1. The van der Waals surface area contributed by atoms with E-state index in [2.05, 4.69) is 27.1 Å². The van der Waals surface area contributed by atoms with E-state index < -0.39 is 0 Å². The molecule has 0 aliphatic carbocycles. The number of aryl methyl sites for hydroxylation is 2. The molecule has 0 aliphatic heterocycles. The van der Waals surface area contributed by atoms with Gasteiger partial charge in [0.15, 0.2) is 10.6 Å². The first-order valence-electron chi connectivity index (χ1n) is 6.59. The summed E-state index contributed by atoms with van der Waals surface area (Å²) in [5.41, 5.74) is 2.04. The van der Waals surface area contributed by atoms with Gasteiger partial charge in [-0.2, -0.15) is 5.10 Å². The second kappa shape index (κ2) is 5.50. The van der Waals surface area contributed by atoms with Gasteiger partial charge in [-0.05, 0) is 45.1 Å². The third kappa shape index (κ3) is 2.54. The minimum absolute atomic E-state index is 0.0885. The Bertz CT molecular complexity index is 816. The number of hydrogen-bond donors (Lipinski definition) is 1. The molecule has 21 heavy (non-hydrogen) atoms. The number of rotatable bonds is 3. The summed E-state index contributed by atoms with van der Waals surface area (Å²) in [7, 11) is 0. The fourth-order valence-corrected chi connectivity index (χ4v) is 3.68. The summed E-state index contributed by atoms with van der Waals surface area (Å²) in [4.78, 5) is 9.76. The van der Waals surface area contributed by atoms with Crippen molar-refractivity contribution >= 4 is 23.6 Å². The summed E-state index contributed by atoms with van der Waals surface area (Å²) in [5.74, 6) is 0.820. The zero-order valence-electron chi connectivity index (χ0n) is 12.0.